The molecule has 0 atom stereocenters. The first-order valence-electron chi connectivity index (χ1n) is 3.62. The summed E-state index contributed by atoms with van der Waals surface area (Å²) in [7, 11) is -4.16. The molecule has 1 rings (SSSR count). The van der Waals surface area contributed by atoms with Crippen LogP contribution in [0.15, 0.2) is 24.3 Å². The molecule has 0 spiro atoms. The van der Waals surface area contributed by atoms with Gasteiger partial charge in [-0.3, -0.25) is 4.57 Å². The van der Waals surface area contributed by atoms with E-state index in [1.54, 1.807) is 0 Å². The molecule has 0 aliphatic carbocycles. The van der Waals surface area contributed by atoms with Crippen LogP contribution in [-0.2, 0) is 4.57 Å². The normalized spacial score (nSPS) is 10.3. The number of nitrogens with two attached hydrogens (primary N) is 1. The average molecular weight is 255 g/mol. The van der Waals surface area contributed by atoms with Crippen LogP contribution < -0.4 is 45.9 Å². The second-order valence-electron chi connectivity index (χ2n) is 2.58. The van der Waals surface area contributed by atoms with Crippen molar-refractivity contribution >= 4 is 35.9 Å². The number of thiocarbonyl (C=S) groups is 1. The minimum Gasteiger partial charge on any atom is -0.376 e. The van der Waals surface area contributed by atoms with Gasteiger partial charge in [-0.15, -0.1) is 0 Å². The molecule has 0 saturated heterocycles. The van der Waals surface area contributed by atoms with E-state index in [1.807, 2.05) is 0 Å². The summed E-state index contributed by atoms with van der Waals surface area (Å²) in [6, 6.07) is 5.63. The van der Waals surface area contributed by atoms with E-state index in [0.29, 0.717) is 5.69 Å². The van der Waals surface area contributed by atoms with Crippen molar-refractivity contribution in [3.05, 3.63) is 24.3 Å². The van der Waals surface area contributed by atoms with Crippen molar-refractivity contribution < 1.29 is 43.9 Å². The molecule has 0 fully saturated rings. The molecule has 0 heterocycles. The summed E-state index contributed by atoms with van der Waals surface area (Å²) in [5.41, 5.74) is 5.81. The van der Waals surface area contributed by atoms with E-state index >= 15 is 0 Å². The monoisotopic (exact) mass is 255 g/mol. The van der Waals surface area contributed by atoms with E-state index in [-0.39, 0.29) is 40.0 Å². The summed E-state index contributed by atoms with van der Waals surface area (Å²) in [6.45, 7) is 0. The molecule has 0 amide bonds. The Bertz CT molecular complexity index is 392. The van der Waals surface area contributed by atoms with E-state index in [2.05, 4.69) is 17.5 Å². The van der Waals surface area contributed by atoms with Gasteiger partial charge in [-0.25, -0.2) is 0 Å². The maximum Gasteiger partial charge on any atom is 1.00 e. The summed E-state index contributed by atoms with van der Waals surface area (Å²) < 4.78 is 10.8. The van der Waals surface area contributed by atoms with Gasteiger partial charge in [0.2, 0.25) is 0 Å². The summed E-state index contributed by atoms with van der Waals surface area (Å²) in [6.07, 6.45) is 0. The van der Waals surface area contributed by atoms with Gasteiger partial charge >= 0.3 is 37.2 Å². The van der Waals surface area contributed by atoms with E-state index in [9.17, 15) is 4.57 Å². The van der Waals surface area contributed by atoms with Crippen LogP contribution >= 0.6 is 19.8 Å². The smallest absolute Gasteiger partial charge is 0.376 e. The fourth-order valence-electron chi connectivity index (χ4n) is 0.881. The number of nitrogens with one attached hydrogen (secondary N) is 1. The second-order valence-corrected chi connectivity index (χ2v) is 4.62. The zero-order valence-corrected chi connectivity index (χ0v) is 11.8. The maximum atomic E-state index is 10.8. The first-order valence-corrected chi connectivity index (χ1v) is 5.64. The molecule has 0 bridgehead atoms. The molecule has 8 heteroatoms. The Morgan fingerprint density at radius 1 is 1.33 bits per heavy atom. The van der Waals surface area contributed by atoms with Crippen LogP contribution in [0.1, 0.15) is 0 Å². The third-order valence-corrected chi connectivity index (χ3v) is 2.54. The van der Waals surface area contributed by atoms with Gasteiger partial charge in [0.1, 0.15) is 0 Å². The van der Waals surface area contributed by atoms with E-state index in [0.717, 1.165) is 0 Å². The Balaban J connectivity index is 0.00000196. The van der Waals surface area contributed by atoms with Crippen molar-refractivity contribution in [3.8, 4) is 0 Å². The van der Waals surface area contributed by atoms with Crippen molar-refractivity contribution in [3.63, 3.8) is 0 Å². The molecule has 15 heavy (non-hydrogen) atoms. The van der Waals surface area contributed by atoms with Gasteiger partial charge in [-0.05, 0) is 36.5 Å². The Morgan fingerprint density at radius 3 is 2.13 bits per heavy atom. The molecule has 1 aromatic carbocycles. The van der Waals surface area contributed by atoms with Crippen molar-refractivity contribution in [2.45, 2.75) is 0 Å². The first kappa shape index (κ1) is 15.1. The molecule has 0 aromatic heterocycles. The summed E-state index contributed by atoms with van der Waals surface area (Å²) in [5.74, 6) is 0. The molecular formula is C7H9N2NaO3PS+. The molecule has 5 N–H and O–H groups in total. The van der Waals surface area contributed by atoms with Crippen LogP contribution in [0.3, 0.4) is 0 Å². The van der Waals surface area contributed by atoms with E-state index in [4.69, 9.17) is 15.5 Å². The van der Waals surface area contributed by atoms with Crippen molar-refractivity contribution in [1.82, 2.24) is 0 Å². The average Bonchev–Trinajstić information content (AvgIpc) is 2.02. The van der Waals surface area contributed by atoms with Gasteiger partial charge in [0.25, 0.3) is 0 Å². The first-order chi connectivity index (χ1) is 6.39. The number of hydrogen-bond acceptors (Lipinski definition) is 2. The Labute approximate surface area is 115 Å². The summed E-state index contributed by atoms with van der Waals surface area (Å²) in [5, 5.41) is 2.71. The molecule has 76 valence electrons. The number of hydrogen-bond donors (Lipinski definition) is 4. The van der Waals surface area contributed by atoms with Crippen LogP contribution in [-0.4, -0.2) is 14.9 Å². The number of rotatable bonds is 2. The third kappa shape index (κ3) is 5.08. The van der Waals surface area contributed by atoms with Crippen molar-refractivity contribution in [2.75, 3.05) is 5.32 Å². The van der Waals surface area contributed by atoms with Crippen LogP contribution in [0.2, 0.25) is 0 Å². The van der Waals surface area contributed by atoms with E-state index < -0.39 is 7.60 Å². The van der Waals surface area contributed by atoms with Crippen LogP contribution in [0.4, 0.5) is 5.69 Å². The zero-order valence-electron chi connectivity index (χ0n) is 8.04. The van der Waals surface area contributed by atoms with Crippen LogP contribution in [0.5, 0.6) is 0 Å². The molecular weight excluding hydrogens is 246 g/mol. The summed E-state index contributed by atoms with van der Waals surface area (Å²) >= 11 is 4.60. The third-order valence-electron chi connectivity index (χ3n) is 1.47. The molecule has 0 saturated carbocycles. The SMILES string of the molecule is NC(=S)Nc1ccc(P(=O)(O)O)cc1.[Na+]. The molecule has 5 nitrogen and oxygen atoms in total. The fourth-order valence-corrected chi connectivity index (χ4v) is 1.54. The fraction of sp³-hybridized carbons (Fsp3) is 0. The van der Waals surface area contributed by atoms with E-state index in [1.165, 1.54) is 24.3 Å². The van der Waals surface area contributed by atoms with Gasteiger partial charge in [-0.1, -0.05) is 0 Å². The molecule has 0 aliphatic heterocycles. The predicted molar refractivity (Wildman–Crippen MR) is 58.5 cm³/mol. The minimum absolute atomic E-state index is 0. The Kier molecular flexibility index (Phi) is 5.98. The Hall–Kier alpha value is 0.0600. The van der Waals surface area contributed by atoms with Gasteiger partial charge in [0.15, 0.2) is 5.11 Å². The largest absolute Gasteiger partial charge is 1.00 e. The number of anilines is 1. The second kappa shape index (κ2) is 5.96. The van der Waals surface area contributed by atoms with Gasteiger partial charge in [-0.2, -0.15) is 0 Å². The standard InChI is InChI=1S/C7H9N2O3PS.Na/c8-7(14)9-5-1-3-6(4-2-5)13(10,11)12;/h1-4H,(H3,8,9,14)(H2,10,11,12);/q;+1. The van der Waals surface area contributed by atoms with Crippen LogP contribution in [0.25, 0.3) is 0 Å². The zero-order chi connectivity index (χ0) is 10.8. The molecule has 0 aliphatic rings. The summed E-state index contributed by atoms with van der Waals surface area (Å²) in [4.78, 5) is 17.6. The minimum atomic E-state index is -4.16. The Morgan fingerprint density at radius 2 is 1.80 bits per heavy atom. The molecule has 0 radical (unpaired) electrons. The van der Waals surface area contributed by atoms with Gasteiger partial charge in [0, 0.05) is 5.69 Å². The molecule has 0 unspecified atom stereocenters. The van der Waals surface area contributed by atoms with Crippen molar-refractivity contribution in [2.24, 2.45) is 5.73 Å². The molecule has 1 aromatic rings. The quantitative estimate of drug-likeness (QED) is 0.258. The van der Waals surface area contributed by atoms with Gasteiger partial charge < -0.3 is 20.8 Å². The van der Waals surface area contributed by atoms with Gasteiger partial charge in [0.05, 0.1) is 5.30 Å². The topological polar surface area (TPSA) is 95.6 Å². The maximum absolute atomic E-state index is 10.8. The van der Waals surface area contributed by atoms with Crippen LogP contribution in [0, 0.1) is 0 Å². The predicted octanol–water partition coefficient (Wildman–Crippen LogP) is -2.85. The van der Waals surface area contributed by atoms with Crippen molar-refractivity contribution in [1.29, 1.82) is 0 Å². The number of benzene rings is 1.